The van der Waals surface area contributed by atoms with Gasteiger partial charge in [-0.05, 0) is 49.0 Å². The molecule has 0 amide bonds. The van der Waals surface area contributed by atoms with Crippen molar-refractivity contribution in [3.05, 3.63) is 23.3 Å². The van der Waals surface area contributed by atoms with Gasteiger partial charge >= 0.3 is 0 Å². The van der Waals surface area contributed by atoms with Crippen molar-refractivity contribution in [2.45, 2.75) is 135 Å². The lowest BCUT2D eigenvalue weighted by molar-refractivity contribution is 0.441. The third-order valence-corrected chi connectivity index (χ3v) is 17.6. The van der Waals surface area contributed by atoms with E-state index in [2.05, 4.69) is 122 Å². The van der Waals surface area contributed by atoms with E-state index in [0.717, 1.165) is 5.56 Å². The fourth-order valence-corrected chi connectivity index (χ4v) is 20.2. The molecule has 1 nitrogen and oxygen atoms in total. The Bertz CT molecular complexity index is 708. The first-order chi connectivity index (χ1) is 13.0. The van der Waals surface area contributed by atoms with Gasteiger partial charge in [0.15, 0.2) is 0 Å². The highest BCUT2D eigenvalue weighted by Crippen LogP contribution is 2.63. The number of thioether (sulfide) groups is 1. The van der Waals surface area contributed by atoms with E-state index in [1.165, 1.54) is 15.8 Å². The number of aromatic hydroxyl groups is 1. The second kappa shape index (κ2) is 8.18. The Morgan fingerprint density at radius 1 is 0.633 bits per heavy atom. The molecule has 0 fully saturated rings. The van der Waals surface area contributed by atoms with Gasteiger partial charge in [0.05, 0.1) is 8.07 Å². The maximum absolute atomic E-state index is 10.8. The molecule has 0 aromatic heterocycles. The minimum absolute atomic E-state index is 0.00829. The summed E-state index contributed by atoms with van der Waals surface area (Å²) in [4.78, 5) is 1.35. The SMILES string of the molecule is CC(C)(C)c1cc(SC[Si](C(C)(C)C)(C(C)(C)C)C(C)(C)C)c(C(C)(C)C)cc1O. The van der Waals surface area contributed by atoms with Gasteiger partial charge in [-0.1, -0.05) is 104 Å². The van der Waals surface area contributed by atoms with Crippen molar-refractivity contribution < 1.29 is 5.11 Å². The third-order valence-electron chi connectivity index (χ3n) is 7.00. The topological polar surface area (TPSA) is 20.2 Å². The largest absolute Gasteiger partial charge is 0.508 e. The molecule has 0 radical (unpaired) electrons. The number of phenolic OH excluding ortho intramolecular Hbond substituents is 1. The fraction of sp³-hybridized carbons (Fsp3) is 0.778. The van der Waals surface area contributed by atoms with Gasteiger partial charge in [-0.2, -0.15) is 0 Å². The Morgan fingerprint density at radius 3 is 1.30 bits per heavy atom. The zero-order valence-corrected chi connectivity index (χ0v) is 24.5. The van der Waals surface area contributed by atoms with Crippen LogP contribution in [0.2, 0.25) is 15.1 Å². The number of benzene rings is 1. The van der Waals surface area contributed by atoms with Gasteiger partial charge in [0.1, 0.15) is 5.75 Å². The quantitative estimate of drug-likeness (QED) is 0.365. The molecule has 1 aromatic carbocycles. The Hall–Kier alpha value is -0.413. The van der Waals surface area contributed by atoms with Crippen molar-refractivity contribution in [3.8, 4) is 5.75 Å². The van der Waals surface area contributed by atoms with Gasteiger partial charge < -0.3 is 5.11 Å². The number of hydrogen-bond acceptors (Lipinski definition) is 2. The summed E-state index contributed by atoms with van der Waals surface area (Å²) in [6, 6.07) is 4.32. The lowest BCUT2D eigenvalue weighted by Gasteiger charge is -2.59. The van der Waals surface area contributed by atoms with Crippen LogP contribution in [0, 0.1) is 0 Å². The molecule has 0 atom stereocenters. The van der Waals surface area contributed by atoms with Crippen molar-refractivity contribution in [2.75, 3.05) is 5.38 Å². The molecule has 0 aliphatic carbocycles. The van der Waals surface area contributed by atoms with Crippen LogP contribution in [0.5, 0.6) is 5.75 Å². The van der Waals surface area contributed by atoms with E-state index >= 15 is 0 Å². The molecule has 0 saturated heterocycles. The molecule has 3 heteroatoms. The Balaban J connectivity index is 3.71. The second-order valence-corrected chi connectivity index (χ2v) is 22.5. The molecule has 30 heavy (non-hydrogen) atoms. The van der Waals surface area contributed by atoms with E-state index in [-0.39, 0.29) is 25.9 Å². The van der Waals surface area contributed by atoms with Gasteiger partial charge in [-0.25, -0.2) is 0 Å². The molecule has 1 N–H and O–H groups in total. The molecule has 0 spiro atoms. The highest BCUT2D eigenvalue weighted by molar-refractivity contribution is 8.01. The van der Waals surface area contributed by atoms with Gasteiger partial charge in [-0.3, -0.25) is 0 Å². The van der Waals surface area contributed by atoms with Crippen molar-refractivity contribution in [2.24, 2.45) is 0 Å². The minimum atomic E-state index is -1.84. The maximum Gasteiger partial charge on any atom is 0.119 e. The molecular formula is C27H50OSSi. The molecule has 174 valence electrons. The zero-order chi connectivity index (χ0) is 24.1. The summed E-state index contributed by atoms with van der Waals surface area (Å²) in [7, 11) is -1.84. The standard InChI is InChI=1S/C27H50OSSi/c1-23(2,3)19-17-22(20(16-21(19)28)24(4,5)6)29-18-30(25(7,8)9,26(10,11)12)27(13,14)15/h16-17,28H,18H2,1-15H3. The lowest BCUT2D eigenvalue weighted by Crippen LogP contribution is -2.60. The Morgan fingerprint density at radius 2 is 1.00 bits per heavy atom. The summed E-state index contributed by atoms with van der Waals surface area (Å²) < 4.78 is 0. The van der Waals surface area contributed by atoms with E-state index in [0.29, 0.717) is 5.75 Å². The normalized spacial score (nSPS) is 14.9. The van der Waals surface area contributed by atoms with E-state index in [1.807, 2.05) is 6.07 Å². The molecule has 0 saturated carbocycles. The van der Waals surface area contributed by atoms with Crippen LogP contribution in [0.25, 0.3) is 0 Å². The number of hydrogen-bond donors (Lipinski definition) is 1. The lowest BCUT2D eigenvalue weighted by atomic mass is 9.81. The molecule has 0 aliphatic rings. The molecule has 0 heterocycles. The van der Waals surface area contributed by atoms with Crippen LogP contribution in [-0.2, 0) is 10.8 Å². The highest BCUT2D eigenvalue weighted by Gasteiger charge is 2.59. The van der Waals surface area contributed by atoms with Gasteiger partial charge in [0.25, 0.3) is 0 Å². The summed E-state index contributed by atoms with van der Waals surface area (Å²) in [5, 5.41) is 12.9. The predicted octanol–water partition coefficient (Wildman–Crippen LogP) is 9.47. The maximum atomic E-state index is 10.8. The first-order valence-electron chi connectivity index (χ1n) is 11.5. The van der Waals surface area contributed by atoms with E-state index in [9.17, 15) is 5.11 Å². The number of phenols is 1. The Labute approximate surface area is 193 Å². The molecule has 1 aromatic rings. The van der Waals surface area contributed by atoms with Crippen molar-refractivity contribution in [3.63, 3.8) is 0 Å². The van der Waals surface area contributed by atoms with Crippen LogP contribution in [0.4, 0.5) is 0 Å². The fourth-order valence-electron chi connectivity index (χ4n) is 6.09. The van der Waals surface area contributed by atoms with Crippen LogP contribution in [0.15, 0.2) is 17.0 Å². The summed E-state index contributed by atoms with van der Waals surface area (Å²) >= 11 is 2.05. The van der Waals surface area contributed by atoms with Crippen LogP contribution >= 0.6 is 11.8 Å². The average molecular weight is 451 g/mol. The van der Waals surface area contributed by atoms with Gasteiger partial charge in [0.2, 0.25) is 0 Å². The molecule has 0 aliphatic heterocycles. The van der Waals surface area contributed by atoms with Crippen LogP contribution in [-0.4, -0.2) is 18.6 Å². The molecular weight excluding hydrogens is 400 g/mol. The Kier molecular flexibility index (Phi) is 7.53. The van der Waals surface area contributed by atoms with Crippen LogP contribution in [0.1, 0.15) is 115 Å². The van der Waals surface area contributed by atoms with E-state index < -0.39 is 8.07 Å². The summed E-state index contributed by atoms with van der Waals surface area (Å²) in [6.45, 7) is 35.6. The van der Waals surface area contributed by atoms with Crippen LogP contribution in [0.3, 0.4) is 0 Å². The van der Waals surface area contributed by atoms with E-state index in [1.54, 1.807) is 0 Å². The molecule has 1 rings (SSSR count). The smallest absolute Gasteiger partial charge is 0.119 e. The van der Waals surface area contributed by atoms with E-state index in [4.69, 9.17) is 0 Å². The van der Waals surface area contributed by atoms with Crippen molar-refractivity contribution >= 4 is 19.8 Å². The summed E-state index contributed by atoms with van der Waals surface area (Å²) in [5.74, 6) is 0.433. The molecule has 0 bridgehead atoms. The molecule has 0 unspecified atom stereocenters. The van der Waals surface area contributed by atoms with Crippen molar-refractivity contribution in [1.29, 1.82) is 0 Å². The first kappa shape index (κ1) is 27.6. The monoisotopic (exact) mass is 450 g/mol. The average Bonchev–Trinajstić information content (AvgIpc) is 2.41. The minimum Gasteiger partial charge on any atom is -0.508 e. The predicted molar refractivity (Wildman–Crippen MR) is 141 cm³/mol. The number of rotatable bonds is 3. The van der Waals surface area contributed by atoms with Crippen LogP contribution < -0.4 is 0 Å². The second-order valence-electron chi connectivity index (χ2n) is 14.3. The van der Waals surface area contributed by atoms with Gasteiger partial charge in [0, 0.05) is 10.5 Å². The summed E-state index contributed by atoms with van der Waals surface area (Å²) in [6.07, 6.45) is 0. The highest BCUT2D eigenvalue weighted by atomic mass is 32.2. The van der Waals surface area contributed by atoms with Crippen molar-refractivity contribution in [1.82, 2.24) is 0 Å². The summed E-state index contributed by atoms with van der Waals surface area (Å²) in [5.41, 5.74) is 2.22. The first-order valence-corrected chi connectivity index (χ1v) is 14.7. The van der Waals surface area contributed by atoms with Gasteiger partial charge in [-0.15, -0.1) is 11.8 Å². The zero-order valence-electron chi connectivity index (χ0n) is 22.7. The third kappa shape index (κ3) is 5.31.